The second-order valence-electron chi connectivity index (χ2n) is 11.0. The molecule has 0 amide bonds. The van der Waals surface area contributed by atoms with Crippen LogP contribution < -0.4 is 0 Å². The predicted octanol–water partition coefficient (Wildman–Crippen LogP) is 7.36. The Hall–Kier alpha value is -2.47. The van der Waals surface area contributed by atoms with Crippen LogP contribution in [0, 0.1) is 19.3 Å². The highest BCUT2D eigenvalue weighted by Crippen LogP contribution is 2.34. The molecule has 1 aromatic rings. The van der Waals surface area contributed by atoms with E-state index in [-0.39, 0.29) is 24.9 Å². The highest BCUT2D eigenvalue weighted by molar-refractivity contribution is 6.33. The van der Waals surface area contributed by atoms with Crippen LogP contribution in [0.1, 0.15) is 127 Å². The zero-order valence-electron chi connectivity index (χ0n) is 24.7. The molecule has 0 fully saturated rings. The van der Waals surface area contributed by atoms with Crippen LogP contribution in [0.25, 0.3) is 6.08 Å². The van der Waals surface area contributed by atoms with Crippen molar-refractivity contribution >= 4 is 23.8 Å². The van der Waals surface area contributed by atoms with E-state index in [9.17, 15) is 19.5 Å². The highest BCUT2D eigenvalue weighted by atomic mass is 16.5. The number of Topliss-reactive ketones (excluding diaryl/α,β-unsaturated/α-hetero) is 1. The molecule has 0 aliphatic carbocycles. The number of carbonyl (C=O) groups excluding carboxylic acids is 3. The normalized spacial score (nSPS) is 13.4. The van der Waals surface area contributed by atoms with Gasteiger partial charge in [-0.2, -0.15) is 0 Å². The van der Waals surface area contributed by atoms with Gasteiger partial charge in [-0.1, -0.05) is 82.2 Å². The van der Waals surface area contributed by atoms with Gasteiger partial charge in [0.2, 0.25) is 5.78 Å². The maximum Gasteiger partial charge on any atom is 0.374 e. The number of hydrogen-bond donors (Lipinski definition) is 1. The average Bonchev–Trinajstić information content (AvgIpc) is 2.88. The van der Waals surface area contributed by atoms with Crippen LogP contribution >= 0.6 is 0 Å². The van der Waals surface area contributed by atoms with Crippen LogP contribution in [0.3, 0.4) is 0 Å². The number of aryl methyl sites for hydroxylation is 2. The maximum atomic E-state index is 13.1. The maximum absolute atomic E-state index is 13.1. The molecule has 0 radical (unpaired) electrons. The molecular weight excluding hydrogens is 480 g/mol. The summed E-state index contributed by atoms with van der Waals surface area (Å²) in [5.41, 5.74) is 3.36. The van der Waals surface area contributed by atoms with Crippen molar-refractivity contribution < 1.29 is 29.0 Å². The molecule has 2 atom stereocenters. The SMILES string of the molecule is CCCCCCCCCC(OC(=O)C(C)(C)CC)c1cc(C)cc(C)c1/C=C/C(O)CCC(=O)C(=O)OC. The molecule has 38 heavy (non-hydrogen) atoms. The lowest BCUT2D eigenvalue weighted by Gasteiger charge is -2.27. The summed E-state index contributed by atoms with van der Waals surface area (Å²) in [7, 11) is 1.16. The summed E-state index contributed by atoms with van der Waals surface area (Å²) in [5, 5.41) is 10.5. The molecular formula is C32H50O6. The fourth-order valence-corrected chi connectivity index (χ4v) is 4.30. The topological polar surface area (TPSA) is 89.9 Å². The minimum absolute atomic E-state index is 0.0947. The van der Waals surface area contributed by atoms with E-state index in [2.05, 4.69) is 23.8 Å². The third-order valence-corrected chi connectivity index (χ3v) is 7.23. The quantitative estimate of drug-likeness (QED) is 0.121. The van der Waals surface area contributed by atoms with Gasteiger partial charge in [-0.15, -0.1) is 0 Å². The fraction of sp³-hybridized carbons (Fsp3) is 0.656. The van der Waals surface area contributed by atoms with E-state index in [1.807, 2.05) is 40.7 Å². The molecule has 1 aromatic carbocycles. The Bertz CT molecular complexity index is 930. The lowest BCUT2D eigenvalue weighted by atomic mass is 9.89. The molecule has 0 bridgehead atoms. The molecule has 1 rings (SSSR count). The van der Waals surface area contributed by atoms with Gasteiger partial charge in [0.25, 0.3) is 0 Å². The Kier molecular flexibility index (Phi) is 15.2. The van der Waals surface area contributed by atoms with Gasteiger partial charge in [0.1, 0.15) is 6.10 Å². The summed E-state index contributed by atoms with van der Waals surface area (Å²) >= 11 is 0. The number of aliphatic hydroxyl groups excluding tert-OH is 1. The minimum Gasteiger partial charge on any atom is -0.463 e. The van der Waals surface area contributed by atoms with Gasteiger partial charge in [0.15, 0.2) is 0 Å². The molecule has 0 aliphatic rings. The van der Waals surface area contributed by atoms with Crippen LogP contribution in [-0.4, -0.2) is 36.0 Å². The lowest BCUT2D eigenvalue weighted by Crippen LogP contribution is -2.27. The molecule has 6 nitrogen and oxygen atoms in total. The summed E-state index contributed by atoms with van der Waals surface area (Å²) in [6.07, 6.45) is 11.9. The summed E-state index contributed by atoms with van der Waals surface area (Å²) in [6.45, 7) is 12.1. The molecule has 0 aliphatic heterocycles. The zero-order chi connectivity index (χ0) is 28.7. The number of ether oxygens (including phenoxy) is 2. The second-order valence-corrected chi connectivity index (χ2v) is 11.0. The minimum atomic E-state index is -0.902. The van der Waals surface area contributed by atoms with Crippen LogP contribution in [-0.2, 0) is 23.9 Å². The van der Waals surface area contributed by atoms with Gasteiger partial charge >= 0.3 is 11.9 Å². The number of rotatable bonds is 18. The van der Waals surface area contributed by atoms with E-state index in [1.165, 1.54) is 32.1 Å². The zero-order valence-corrected chi connectivity index (χ0v) is 24.7. The summed E-state index contributed by atoms with van der Waals surface area (Å²) in [4.78, 5) is 36.2. The summed E-state index contributed by atoms with van der Waals surface area (Å²) in [6, 6.07) is 4.14. The second kappa shape index (κ2) is 17.2. The van der Waals surface area contributed by atoms with Gasteiger partial charge < -0.3 is 14.6 Å². The summed E-state index contributed by atoms with van der Waals surface area (Å²) < 4.78 is 10.6. The third kappa shape index (κ3) is 11.5. The van der Waals surface area contributed by atoms with Crippen molar-refractivity contribution in [2.24, 2.45) is 5.41 Å². The van der Waals surface area contributed by atoms with Gasteiger partial charge in [0.05, 0.1) is 18.6 Å². The molecule has 2 unspecified atom stereocenters. The first-order valence-corrected chi connectivity index (χ1v) is 14.3. The smallest absolute Gasteiger partial charge is 0.374 e. The van der Waals surface area contributed by atoms with Gasteiger partial charge in [0, 0.05) is 12.0 Å². The van der Waals surface area contributed by atoms with Crippen molar-refractivity contribution in [2.45, 2.75) is 124 Å². The van der Waals surface area contributed by atoms with Crippen LogP contribution in [0.15, 0.2) is 18.2 Å². The van der Waals surface area contributed by atoms with Gasteiger partial charge in [-0.25, -0.2) is 4.79 Å². The van der Waals surface area contributed by atoms with E-state index in [0.29, 0.717) is 6.42 Å². The fourth-order valence-electron chi connectivity index (χ4n) is 4.30. The molecule has 0 saturated heterocycles. The van der Waals surface area contributed by atoms with E-state index in [1.54, 1.807) is 6.08 Å². The molecule has 1 N–H and O–H groups in total. The van der Waals surface area contributed by atoms with Crippen molar-refractivity contribution in [3.8, 4) is 0 Å². The Morgan fingerprint density at radius 3 is 2.21 bits per heavy atom. The molecule has 0 aromatic heterocycles. The van der Waals surface area contributed by atoms with Crippen molar-refractivity contribution in [2.75, 3.05) is 7.11 Å². The first-order valence-electron chi connectivity index (χ1n) is 14.3. The van der Waals surface area contributed by atoms with Crippen molar-refractivity contribution in [1.82, 2.24) is 0 Å². The number of benzene rings is 1. The van der Waals surface area contributed by atoms with Crippen LogP contribution in [0.4, 0.5) is 0 Å². The van der Waals surface area contributed by atoms with Crippen molar-refractivity contribution in [3.63, 3.8) is 0 Å². The van der Waals surface area contributed by atoms with Gasteiger partial charge in [-0.3, -0.25) is 9.59 Å². The Labute approximate surface area is 230 Å². The molecule has 0 heterocycles. The number of hydrogen-bond acceptors (Lipinski definition) is 6. The van der Waals surface area contributed by atoms with E-state index >= 15 is 0 Å². The number of aliphatic hydroxyl groups is 1. The van der Waals surface area contributed by atoms with E-state index < -0.39 is 23.3 Å². The largest absolute Gasteiger partial charge is 0.463 e. The van der Waals surface area contributed by atoms with Crippen molar-refractivity contribution in [1.29, 1.82) is 0 Å². The van der Waals surface area contributed by atoms with E-state index in [0.717, 1.165) is 48.6 Å². The monoisotopic (exact) mass is 530 g/mol. The average molecular weight is 531 g/mol. The Morgan fingerprint density at radius 1 is 0.974 bits per heavy atom. The van der Waals surface area contributed by atoms with E-state index in [4.69, 9.17) is 4.74 Å². The molecule has 214 valence electrons. The van der Waals surface area contributed by atoms with Gasteiger partial charge in [-0.05, 0) is 64.5 Å². The van der Waals surface area contributed by atoms with Crippen molar-refractivity contribution in [3.05, 3.63) is 40.5 Å². The molecule has 0 spiro atoms. The van der Waals surface area contributed by atoms with Crippen LogP contribution in [0.2, 0.25) is 0 Å². The molecule has 6 heteroatoms. The predicted molar refractivity (Wildman–Crippen MR) is 153 cm³/mol. The third-order valence-electron chi connectivity index (χ3n) is 7.23. The number of esters is 2. The number of carbonyl (C=O) groups is 3. The highest BCUT2D eigenvalue weighted by Gasteiger charge is 2.31. The first kappa shape index (κ1) is 33.6. The number of ketones is 1. The number of methoxy groups -OCH3 is 1. The lowest BCUT2D eigenvalue weighted by molar-refractivity contribution is -0.160. The molecule has 0 saturated carbocycles. The van der Waals surface area contributed by atoms with Crippen LogP contribution in [0.5, 0.6) is 0 Å². The standard InChI is InChI=1S/C32H50O6/c1-8-10-11-12-13-14-15-16-29(38-31(36)32(5,6)9-2)27-22-23(3)21-24(4)26(27)19-17-25(33)18-20-28(34)30(35)37-7/h17,19,21-22,25,29,33H,8-16,18,20H2,1-7H3/b19-17+. The Morgan fingerprint density at radius 2 is 1.61 bits per heavy atom. The Balaban J connectivity index is 3.15. The summed E-state index contributed by atoms with van der Waals surface area (Å²) in [5.74, 6) is -1.77. The first-order chi connectivity index (χ1) is 18.0. The number of unbranched alkanes of at least 4 members (excludes halogenated alkanes) is 6.